The quantitative estimate of drug-likeness (QED) is 0.608. The van der Waals surface area contributed by atoms with Gasteiger partial charge in [0.15, 0.2) is 5.96 Å². The average Bonchev–Trinajstić information content (AvgIpc) is 3.32. The summed E-state index contributed by atoms with van der Waals surface area (Å²) in [5.74, 6) is 4.25. The van der Waals surface area contributed by atoms with Gasteiger partial charge in [-0.1, -0.05) is 13.8 Å². The minimum atomic E-state index is 0.580. The molecule has 2 atom stereocenters. The molecule has 5 nitrogen and oxygen atoms in total. The van der Waals surface area contributed by atoms with Crippen LogP contribution in [-0.4, -0.2) is 50.3 Å². The van der Waals surface area contributed by atoms with Crippen LogP contribution >= 0.6 is 0 Å². The average molecular weight is 348 g/mol. The summed E-state index contributed by atoms with van der Waals surface area (Å²) in [4.78, 5) is 7.39. The first-order chi connectivity index (χ1) is 12.2. The molecule has 0 aliphatic carbocycles. The van der Waals surface area contributed by atoms with Gasteiger partial charge in [0.25, 0.3) is 0 Å². The van der Waals surface area contributed by atoms with Crippen molar-refractivity contribution < 1.29 is 9.15 Å². The van der Waals surface area contributed by atoms with Gasteiger partial charge in [0.05, 0.1) is 12.9 Å². The monoisotopic (exact) mass is 347 g/mol. The van der Waals surface area contributed by atoms with Crippen molar-refractivity contribution in [3.8, 4) is 0 Å². The summed E-state index contributed by atoms with van der Waals surface area (Å²) < 4.78 is 10.9. The predicted molar refractivity (Wildman–Crippen MR) is 101 cm³/mol. The number of ether oxygens (including phenoxy) is 1. The molecule has 1 N–H and O–H groups in total. The summed E-state index contributed by atoms with van der Waals surface area (Å²) in [5.41, 5.74) is 0. The second kappa shape index (κ2) is 9.27. The largest absolute Gasteiger partial charge is 0.469 e. The minimum Gasteiger partial charge on any atom is -0.469 e. The fourth-order valence-corrected chi connectivity index (χ4v) is 3.85. The maximum Gasteiger partial charge on any atom is 0.193 e. The van der Waals surface area contributed by atoms with Crippen molar-refractivity contribution in [2.45, 2.75) is 39.5 Å². The molecule has 5 heteroatoms. The van der Waals surface area contributed by atoms with E-state index in [1.807, 2.05) is 12.1 Å². The molecule has 0 radical (unpaired) electrons. The van der Waals surface area contributed by atoms with Gasteiger partial charge in [-0.3, -0.25) is 4.99 Å². The first-order valence-electron chi connectivity index (χ1n) is 9.84. The van der Waals surface area contributed by atoms with Gasteiger partial charge in [-0.05, 0) is 43.2 Å². The van der Waals surface area contributed by atoms with Gasteiger partial charge in [-0.2, -0.15) is 0 Å². The first kappa shape index (κ1) is 18.3. The third-order valence-electron chi connectivity index (χ3n) is 5.15. The Morgan fingerprint density at radius 3 is 3.00 bits per heavy atom. The molecule has 1 aromatic rings. The fourth-order valence-electron chi connectivity index (χ4n) is 3.85. The first-order valence-corrected chi connectivity index (χ1v) is 9.84. The van der Waals surface area contributed by atoms with E-state index in [1.54, 1.807) is 6.26 Å². The lowest BCUT2D eigenvalue weighted by atomic mass is 9.97. The van der Waals surface area contributed by atoms with Crippen molar-refractivity contribution in [3.63, 3.8) is 0 Å². The highest BCUT2D eigenvalue weighted by Crippen LogP contribution is 2.23. The summed E-state index contributed by atoms with van der Waals surface area (Å²) in [6.07, 6.45) is 6.36. The van der Waals surface area contributed by atoms with Crippen LogP contribution in [0.1, 0.15) is 38.9 Å². The lowest BCUT2D eigenvalue weighted by Crippen LogP contribution is -2.41. The number of rotatable bonds is 7. The number of nitrogens with zero attached hydrogens (tertiary/aromatic N) is 2. The molecule has 2 saturated heterocycles. The Hall–Kier alpha value is -1.49. The third kappa shape index (κ3) is 5.77. The highest BCUT2D eigenvalue weighted by atomic mass is 16.5. The van der Waals surface area contributed by atoms with Crippen molar-refractivity contribution in [2.24, 2.45) is 22.7 Å². The predicted octanol–water partition coefficient (Wildman–Crippen LogP) is 3.17. The van der Waals surface area contributed by atoms with Crippen molar-refractivity contribution in [1.82, 2.24) is 10.2 Å². The van der Waals surface area contributed by atoms with E-state index in [1.165, 1.54) is 12.8 Å². The third-order valence-corrected chi connectivity index (χ3v) is 5.15. The standard InChI is InChI=1S/C20H33N3O2/c1-16(2)12-17-6-9-23(14-17)20(22-13-18-7-11-24-15-18)21-8-5-19-4-3-10-25-19/h3-4,10,16-18H,5-9,11-15H2,1-2H3,(H,21,22). The van der Waals surface area contributed by atoms with Crippen LogP contribution in [0.4, 0.5) is 0 Å². The summed E-state index contributed by atoms with van der Waals surface area (Å²) in [7, 11) is 0. The van der Waals surface area contributed by atoms with E-state index >= 15 is 0 Å². The van der Waals surface area contributed by atoms with Crippen molar-refractivity contribution in [2.75, 3.05) is 39.4 Å². The molecular weight excluding hydrogens is 314 g/mol. The molecule has 2 aliphatic heterocycles. The zero-order chi connectivity index (χ0) is 17.5. The zero-order valence-electron chi connectivity index (χ0n) is 15.7. The van der Waals surface area contributed by atoms with Gasteiger partial charge in [-0.15, -0.1) is 0 Å². The molecule has 3 rings (SSSR count). The highest BCUT2D eigenvalue weighted by molar-refractivity contribution is 5.80. The molecule has 0 saturated carbocycles. The van der Waals surface area contributed by atoms with Crippen molar-refractivity contribution in [1.29, 1.82) is 0 Å². The molecule has 1 aromatic heterocycles. The number of hydrogen-bond acceptors (Lipinski definition) is 3. The van der Waals surface area contributed by atoms with Gasteiger partial charge < -0.3 is 19.4 Å². The lowest BCUT2D eigenvalue weighted by molar-refractivity contribution is 0.187. The Kier molecular flexibility index (Phi) is 6.79. The minimum absolute atomic E-state index is 0.580. The van der Waals surface area contributed by atoms with E-state index in [9.17, 15) is 0 Å². The van der Waals surface area contributed by atoms with E-state index < -0.39 is 0 Å². The van der Waals surface area contributed by atoms with Crippen LogP contribution in [-0.2, 0) is 11.2 Å². The zero-order valence-corrected chi connectivity index (χ0v) is 15.7. The molecule has 0 spiro atoms. The number of hydrogen-bond donors (Lipinski definition) is 1. The smallest absolute Gasteiger partial charge is 0.193 e. The lowest BCUT2D eigenvalue weighted by Gasteiger charge is -2.23. The van der Waals surface area contributed by atoms with Crippen LogP contribution in [0.2, 0.25) is 0 Å². The van der Waals surface area contributed by atoms with Gasteiger partial charge >= 0.3 is 0 Å². The van der Waals surface area contributed by atoms with E-state index in [0.29, 0.717) is 5.92 Å². The van der Waals surface area contributed by atoms with Crippen molar-refractivity contribution in [3.05, 3.63) is 24.2 Å². The molecule has 0 bridgehead atoms. The number of likely N-dealkylation sites (tertiary alicyclic amines) is 1. The molecular formula is C20H33N3O2. The van der Waals surface area contributed by atoms with Crippen LogP contribution in [0, 0.1) is 17.8 Å². The van der Waals surface area contributed by atoms with Gasteiger partial charge in [0.2, 0.25) is 0 Å². The van der Waals surface area contributed by atoms with Gasteiger partial charge in [-0.25, -0.2) is 0 Å². The van der Waals surface area contributed by atoms with Gasteiger partial charge in [0, 0.05) is 45.1 Å². The molecule has 0 amide bonds. The SMILES string of the molecule is CC(C)CC1CCN(C(=NCC2CCOC2)NCCc2ccco2)C1. The molecule has 3 heterocycles. The number of aliphatic imine (C=N–C) groups is 1. The Morgan fingerprint density at radius 1 is 1.36 bits per heavy atom. The molecule has 2 fully saturated rings. The summed E-state index contributed by atoms with van der Waals surface area (Å²) in [6, 6.07) is 3.98. The fraction of sp³-hybridized carbons (Fsp3) is 0.750. The van der Waals surface area contributed by atoms with Crippen LogP contribution in [0.25, 0.3) is 0 Å². The number of guanidine groups is 1. The molecule has 25 heavy (non-hydrogen) atoms. The Morgan fingerprint density at radius 2 is 2.28 bits per heavy atom. The number of furan rings is 1. The van der Waals surface area contributed by atoms with E-state index in [4.69, 9.17) is 14.1 Å². The van der Waals surface area contributed by atoms with Crippen LogP contribution in [0.15, 0.2) is 27.8 Å². The summed E-state index contributed by atoms with van der Waals surface area (Å²) in [5, 5.41) is 3.57. The molecule has 0 aromatic carbocycles. The van der Waals surface area contributed by atoms with E-state index in [2.05, 4.69) is 24.1 Å². The van der Waals surface area contributed by atoms with Crippen LogP contribution in [0.5, 0.6) is 0 Å². The van der Waals surface area contributed by atoms with Crippen LogP contribution < -0.4 is 5.32 Å². The van der Waals surface area contributed by atoms with E-state index in [0.717, 1.165) is 75.8 Å². The Bertz CT molecular complexity index is 521. The Labute approximate surface area is 151 Å². The van der Waals surface area contributed by atoms with Gasteiger partial charge in [0.1, 0.15) is 5.76 Å². The number of nitrogens with one attached hydrogen (secondary N) is 1. The van der Waals surface area contributed by atoms with E-state index in [-0.39, 0.29) is 0 Å². The molecule has 140 valence electrons. The topological polar surface area (TPSA) is 50.0 Å². The second-order valence-corrected chi connectivity index (χ2v) is 7.88. The summed E-state index contributed by atoms with van der Waals surface area (Å²) in [6.45, 7) is 10.4. The normalized spacial score (nSPS) is 24.4. The molecule has 2 unspecified atom stereocenters. The van der Waals surface area contributed by atoms with Crippen LogP contribution in [0.3, 0.4) is 0 Å². The van der Waals surface area contributed by atoms with Crippen molar-refractivity contribution >= 4 is 5.96 Å². The Balaban J connectivity index is 1.54. The maximum absolute atomic E-state index is 5.49. The summed E-state index contributed by atoms with van der Waals surface area (Å²) >= 11 is 0. The molecule has 2 aliphatic rings. The maximum atomic E-state index is 5.49. The highest BCUT2D eigenvalue weighted by Gasteiger charge is 2.26. The second-order valence-electron chi connectivity index (χ2n) is 7.88.